The van der Waals surface area contributed by atoms with Crippen LogP contribution >= 0.6 is 15.9 Å². The van der Waals surface area contributed by atoms with E-state index in [9.17, 15) is 14.4 Å². The Hall–Kier alpha value is -2.29. The zero-order chi connectivity index (χ0) is 22.3. The summed E-state index contributed by atoms with van der Waals surface area (Å²) in [6.07, 6.45) is 1.15. The van der Waals surface area contributed by atoms with E-state index in [0.717, 1.165) is 0 Å². The molecule has 0 spiro atoms. The van der Waals surface area contributed by atoms with Gasteiger partial charge >= 0.3 is 5.97 Å². The Morgan fingerprint density at radius 3 is 2.40 bits per heavy atom. The third-order valence-electron chi connectivity index (χ3n) is 4.95. The number of likely N-dealkylation sites (N-methyl/N-ethyl adjacent to an activating group) is 1. The summed E-state index contributed by atoms with van der Waals surface area (Å²) in [5.74, 6) is 0.154. The summed E-state index contributed by atoms with van der Waals surface area (Å²) in [4.78, 5) is 40.4. The number of methoxy groups -OCH3 is 1. The maximum absolute atomic E-state index is 12.8. The number of carbonyl (C=O) groups excluding carboxylic acids is 3. The van der Waals surface area contributed by atoms with Crippen molar-refractivity contribution in [2.75, 3.05) is 47.0 Å². The predicted molar refractivity (Wildman–Crippen MR) is 115 cm³/mol. The van der Waals surface area contributed by atoms with Crippen molar-refractivity contribution in [3.05, 3.63) is 22.2 Å². The van der Waals surface area contributed by atoms with Crippen molar-refractivity contribution in [2.24, 2.45) is 5.92 Å². The Labute approximate surface area is 185 Å². The number of rotatable bonds is 8. The average molecular weight is 485 g/mol. The second-order valence-electron chi connectivity index (χ2n) is 6.99. The van der Waals surface area contributed by atoms with E-state index < -0.39 is 0 Å². The monoisotopic (exact) mass is 484 g/mol. The van der Waals surface area contributed by atoms with Crippen molar-refractivity contribution in [1.29, 1.82) is 0 Å². The minimum atomic E-state index is -0.299. The molecule has 30 heavy (non-hydrogen) atoms. The number of ether oxygens (including phenoxy) is 3. The molecule has 1 aliphatic heterocycles. The molecular formula is C21H29BrN2O6. The van der Waals surface area contributed by atoms with Gasteiger partial charge in [-0.1, -0.05) is 0 Å². The molecule has 2 rings (SSSR count). The van der Waals surface area contributed by atoms with Gasteiger partial charge < -0.3 is 24.0 Å². The minimum absolute atomic E-state index is 0.0456. The normalized spacial score (nSPS) is 14.2. The van der Waals surface area contributed by atoms with Crippen molar-refractivity contribution < 1.29 is 28.6 Å². The van der Waals surface area contributed by atoms with Crippen molar-refractivity contribution in [3.63, 3.8) is 0 Å². The summed E-state index contributed by atoms with van der Waals surface area (Å²) >= 11 is 3.41. The largest absolute Gasteiger partial charge is 0.493 e. The molecule has 0 N–H and O–H groups in total. The summed E-state index contributed by atoms with van der Waals surface area (Å²) in [6.45, 7) is 5.37. The molecule has 0 aromatic heterocycles. The van der Waals surface area contributed by atoms with Crippen molar-refractivity contribution in [2.45, 2.75) is 26.7 Å². The number of carbonyl (C=O) groups is 3. The smallest absolute Gasteiger partial charge is 0.309 e. The molecule has 1 aliphatic rings. The summed E-state index contributed by atoms with van der Waals surface area (Å²) in [7, 11) is 3.09. The fourth-order valence-electron chi connectivity index (χ4n) is 3.35. The molecule has 8 nitrogen and oxygen atoms in total. The second kappa shape index (κ2) is 11.2. The summed E-state index contributed by atoms with van der Waals surface area (Å²) in [5.41, 5.74) is 0.387. The van der Waals surface area contributed by atoms with Gasteiger partial charge in [0.2, 0.25) is 5.91 Å². The highest BCUT2D eigenvalue weighted by atomic mass is 79.9. The second-order valence-corrected chi connectivity index (χ2v) is 7.85. The molecule has 0 radical (unpaired) electrons. The molecule has 0 bridgehead atoms. The van der Waals surface area contributed by atoms with Crippen LogP contribution in [0.15, 0.2) is 16.6 Å². The highest BCUT2D eigenvalue weighted by Gasteiger charge is 2.29. The molecule has 2 amide bonds. The van der Waals surface area contributed by atoms with Gasteiger partial charge in [0.15, 0.2) is 11.5 Å². The predicted octanol–water partition coefficient (Wildman–Crippen LogP) is 2.73. The first-order valence-corrected chi connectivity index (χ1v) is 10.8. The van der Waals surface area contributed by atoms with Crippen LogP contribution in [0.3, 0.4) is 0 Å². The Kier molecular flexibility index (Phi) is 8.95. The van der Waals surface area contributed by atoms with Crippen LogP contribution in [0, 0.1) is 5.92 Å². The topological polar surface area (TPSA) is 85.4 Å². The summed E-state index contributed by atoms with van der Waals surface area (Å²) in [6, 6.07) is 3.26. The number of halogens is 1. The third-order valence-corrected chi connectivity index (χ3v) is 5.54. The maximum atomic E-state index is 12.8. The van der Waals surface area contributed by atoms with Gasteiger partial charge in [-0.3, -0.25) is 14.4 Å². The maximum Gasteiger partial charge on any atom is 0.309 e. The lowest BCUT2D eigenvalue weighted by Gasteiger charge is -2.32. The van der Waals surface area contributed by atoms with Crippen LogP contribution in [-0.2, 0) is 14.3 Å². The quantitative estimate of drug-likeness (QED) is 0.527. The molecule has 1 aromatic carbocycles. The van der Waals surface area contributed by atoms with Gasteiger partial charge in [-0.15, -0.1) is 0 Å². The highest BCUT2D eigenvalue weighted by Crippen LogP contribution is 2.37. The minimum Gasteiger partial charge on any atom is -0.493 e. The van der Waals surface area contributed by atoms with E-state index in [4.69, 9.17) is 14.2 Å². The molecule has 1 fully saturated rings. The van der Waals surface area contributed by atoms with Crippen LogP contribution < -0.4 is 9.47 Å². The molecule has 1 saturated heterocycles. The number of piperidine rings is 1. The van der Waals surface area contributed by atoms with Crippen molar-refractivity contribution in [3.8, 4) is 11.5 Å². The zero-order valence-corrected chi connectivity index (χ0v) is 19.5. The number of amides is 2. The van der Waals surface area contributed by atoms with Crippen LogP contribution in [0.5, 0.6) is 11.5 Å². The van der Waals surface area contributed by atoms with E-state index in [0.29, 0.717) is 60.7 Å². The number of hydrogen-bond acceptors (Lipinski definition) is 6. The molecular weight excluding hydrogens is 456 g/mol. The fourth-order valence-corrected chi connectivity index (χ4v) is 3.90. The van der Waals surface area contributed by atoms with E-state index in [-0.39, 0.29) is 30.2 Å². The van der Waals surface area contributed by atoms with E-state index in [1.165, 1.54) is 12.0 Å². The third kappa shape index (κ3) is 5.87. The van der Waals surface area contributed by atoms with E-state index >= 15 is 0 Å². The van der Waals surface area contributed by atoms with Crippen LogP contribution in [0.4, 0.5) is 0 Å². The first kappa shape index (κ1) is 24.0. The lowest BCUT2D eigenvalue weighted by Crippen LogP contribution is -2.45. The number of hydrogen-bond donors (Lipinski definition) is 0. The number of likely N-dealkylation sites (tertiary alicyclic amines) is 1. The molecule has 0 unspecified atom stereocenters. The summed E-state index contributed by atoms with van der Waals surface area (Å²) in [5, 5.41) is 0. The van der Waals surface area contributed by atoms with E-state index in [2.05, 4.69) is 15.9 Å². The van der Waals surface area contributed by atoms with Gasteiger partial charge in [0.1, 0.15) is 0 Å². The number of esters is 1. The SMILES string of the molecule is CCOC(=O)C1CCN(C(=O)CN(C)C(=O)c2cc(Br)c(OCC)c(OC)c2)CC1. The van der Waals surface area contributed by atoms with Gasteiger partial charge in [0.25, 0.3) is 5.91 Å². The Morgan fingerprint density at radius 2 is 1.83 bits per heavy atom. The zero-order valence-electron chi connectivity index (χ0n) is 17.9. The van der Waals surface area contributed by atoms with Crippen molar-refractivity contribution >= 4 is 33.7 Å². The van der Waals surface area contributed by atoms with Crippen LogP contribution in [0.2, 0.25) is 0 Å². The first-order chi connectivity index (χ1) is 14.3. The molecule has 0 atom stereocenters. The van der Waals surface area contributed by atoms with Crippen LogP contribution in [0.25, 0.3) is 0 Å². The Balaban J connectivity index is 1.98. The molecule has 166 valence electrons. The number of benzene rings is 1. The van der Waals surface area contributed by atoms with E-state index in [1.54, 1.807) is 31.0 Å². The van der Waals surface area contributed by atoms with Gasteiger partial charge in [0.05, 0.1) is 37.3 Å². The van der Waals surface area contributed by atoms with E-state index in [1.807, 2.05) is 6.92 Å². The Morgan fingerprint density at radius 1 is 1.17 bits per heavy atom. The van der Waals surface area contributed by atoms with Gasteiger partial charge in [-0.05, 0) is 54.8 Å². The molecule has 1 aromatic rings. The summed E-state index contributed by atoms with van der Waals surface area (Å²) < 4.78 is 16.5. The van der Waals surface area contributed by atoms with Gasteiger partial charge in [-0.2, -0.15) is 0 Å². The lowest BCUT2D eigenvalue weighted by atomic mass is 9.97. The Bertz CT molecular complexity index is 777. The molecule has 0 saturated carbocycles. The van der Waals surface area contributed by atoms with Crippen LogP contribution in [-0.4, -0.2) is 74.6 Å². The first-order valence-electron chi connectivity index (χ1n) is 10.0. The standard InChI is InChI=1S/C21H29BrN2O6/c1-5-29-19-16(22)11-15(12-17(19)28-4)20(26)23(3)13-18(25)24-9-7-14(8-10-24)21(27)30-6-2/h11-12,14H,5-10,13H2,1-4H3. The van der Waals surface area contributed by atoms with Gasteiger partial charge in [-0.25, -0.2) is 0 Å². The fraction of sp³-hybridized carbons (Fsp3) is 0.571. The molecule has 1 heterocycles. The molecule has 0 aliphatic carbocycles. The highest BCUT2D eigenvalue weighted by molar-refractivity contribution is 9.10. The number of nitrogens with zero attached hydrogens (tertiary/aromatic N) is 2. The lowest BCUT2D eigenvalue weighted by molar-refractivity contribution is -0.151. The van der Waals surface area contributed by atoms with Crippen LogP contribution in [0.1, 0.15) is 37.0 Å². The van der Waals surface area contributed by atoms with Crippen molar-refractivity contribution in [1.82, 2.24) is 9.80 Å². The van der Waals surface area contributed by atoms with Gasteiger partial charge in [0, 0.05) is 25.7 Å². The molecule has 9 heteroatoms. The average Bonchev–Trinajstić information content (AvgIpc) is 2.74.